The summed E-state index contributed by atoms with van der Waals surface area (Å²) in [4.78, 5) is 4.63. The third kappa shape index (κ3) is 2.89. The summed E-state index contributed by atoms with van der Waals surface area (Å²) in [6.07, 6.45) is 3.42. The standard InChI is InChI=1S/C23H28N2O3/c1-23(25-10-4-5-11-25)14-19(16-6-8-17(9-7-16)24(2)3)18-12-21-22(27-15-26-21)13-20(18)28-23/h6-9,12-13,19H,4-5,10-11,14-15H2,1-3H3/t19-,23+/m1/s1. The molecule has 0 radical (unpaired) electrons. The van der Waals surface area contributed by atoms with E-state index in [-0.39, 0.29) is 18.4 Å². The van der Waals surface area contributed by atoms with Crippen molar-refractivity contribution in [1.29, 1.82) is 0 Å². The Kier molecular flexibility index (Phi) is 4.16. The van der Waals surface area contributed by atoms with Crippen LogP contribution in [0.15, 0.2) is 36.4 Å². The minimum atomic E-state index is -0.303. The third-order valence-electron chi connectivity index (χ3n) is 6.38. The van der Waals surface area contributed by atoms with E-state index in [0.29, 0.717) is 0 Å². The van der Waals surface area contributed by atoms with E-state index in [1.54, 1.807) is 0 Å². The van der Waals surface area contributed by atoms with Gasteiger partial charge in [0.15, 0.2) is 17.2 Å². The topological polar surface area (TPSA) is 34.2 Å². The second-order valence-electron chi connectivity index (χ2n) is 8.46. The van der Waals surface area contributed by atoms with Gasteiger partial charge >= 0.3 is 0 Å². The van der Waals surface area contributed by atoms with Gasteiger partial charge in [0.2, 0.25) is 6.79 Å². The van der Waals surface area contributed by atoms with Crippen molar-refractivity contribution in [2.45, 2.75) is 37.8 Å². The Hall–Kier alpha value is -2.40. The summed E-state index contributed by atoms with van der Waals surface area (Å²) in [7, 11) is 4.15. The maximum atomic E-state index is 6.62. The van der Waals surface area contributed by atoms with Crippen molar-refractivity contribution in [2.24, 2.45) is 0 Å². The van der Waals surface area contributed by atoms with Gasteiger partial charge in [-0.2, -0.15) is 0 Å². The molecule has 0 saturated carbocycles. The second-order valence-corrected chi connectivity index (χ2v) is 8.46. The molecule has 2 aromatic carbocycles. The zero-order valence-electron chi connectivity index (χ0n) is 16.9. The highest BCUT2D eigenvalue weighted by Gasteiger charge is 2.44. The number of likely N-dealkylation sites (tertiary alicyclic amines) is 1. The van der Waals surface area contributed by atoms with Crippen LogP contribution in [0.3, 0.4) is 0 Å². The summed E-state index contributed by atoms with van der Waals surface area (Å²) >= 11 is 0. The van der Waals surface area contributed by atoms with Crippen LogP contribution in [0, 0.1) is 0 Å². The monoisotopic (exact) mass is 380 g/mol. The lowest BCUT2D eigenvalue weighted by Gasteiger charge is -2.45. The van der Waals surface area contributed by atoms with Crippen molar-refractivity contribution in [3.63, 3.8) is 0 Å². The van der Waals surface area contributed by atoms with Gasteiger partial charge in [0.1, 0.15) is 5.75 Å². The Morgan fingerprint density at radius 3 is 2.32 bits per heavy atom. The van der Waals surface area contributed by atoms with Gasteiger partial charge in [-0.25, -0.2) is 0 Å². The van der Waals surface area contributed by atoms with Gasteiger partial charge in [-0.3, -0.25) is 4.90 Å². The van der Waals surface area contributed by atoms with E-state index in [2.05, 4.69) is 61.2 Å². The number of benzene rings is 2. The average Bonchev–Trinajstić information content (AvgIpc) is 3.38. The molecule has 0 N–H and O–H groups in total. The lowest BCUT2D eigenvalue weighted by atomic mass is 9.81. The highest BCUT2D eigenvalue weighted by atomic mass is 16.7. The zero-order valence-corrected chi connectivity index (χ0v) is 16.9. The Morgan fingerprint density at radius 1 is 0.964 bits per heavy atom. The Balaban J connectivity index is 1.58. The van der Waals surface area contributed by atoms with E-state index in [4.69, 9.17) is 14.2 Å². The lowest BCUT2D eigenvalue weighted by molar-refractivity contribution is -0.0768. The molecule has 1 fully saturated rings. The number of ether oxygens (including phenoxy) is 3. The van der Waals surface area contributed by atoms with E-state index < -0.39 is 0 Å². The summed E-state index contributed by atoms with van der Waals surface area (Å²) in [5, 5.41) is 0. The van der Waals surface area contributed by atoms with Gasteiger partial charge in [-0.1, -0.05) is 12.1 Å². The maximum Gasteiger partial charge on any atom is 0.231 e. The van der Waals surface area contributed by atoms with Gasteiger partial charge < -0.3 is 19.1 Å². The van der Waals surface area contributed by atoms with Crippen molar-refractivity contribution >= 4 is 5.69 Å². The molecule has 2 aromatic rings. The fourth-order valence-electron chi connectivity index (χ4n) is 4.75. The molecular formula is C23H28N2O3. The van der Waals surface area contributed by atoms with Crippen molar-refractivity contribution in [3.05, 3.63) is 47.5 Å². The molecule has 2 atom stereocenters. The van der Waals surface area contributed by atoms with E-state index >= 15 is 0 Å². The highest BCUT2D eigenvalue weighted by molar-refractivity contribution is 5.57. The van der Waals surface area contributed by atoms with Crippen molar-refractivity contribution in [1.82, 2.24) is 4.90 Å². The van der Waals surface area contributed by atoms with Crippen LogP contribution in [-0.4, -0.2) is 44.6 Å². The molecule has 0 aliphatic carbocycles. The van der Waals surface area contributed by atoms with E-state index in [1.165, 1.54) is 29.7 Å². The molecular weight excluding hydrogens is 352 g/mol. The van der Waals surface area contributed by atoms with Gasteiger partial charge in [-0.05, 0) is 43.5 Å². The number of hydrogen-bond donors (Lipinski definition) is 0. The number of rotatable bonds is 3. The van der Waals surface area contributed by atoms with E-state index in [1.807, 2.05) is 6.07 Å². The first-order valence-electron chi connectivity index (χ1n) is 10.2. The summed E-state index contributed by atoms with van der Waals surface area (Å²) in [6, 6.07) is 13.0. The molecule has 1 saturated heterocycles. The molecule has 0 unspecified atom stereocenters. The molecule has 0 amide bonds. The number of nitrogens with zero attached hydrogens (tertiary/aromatic N) is 2. The minimum absolute atomic E-state index is 0.264. The predicted molar refractivity (Wildman–Crippen MR) is 110 cm³/mol. The summed E-state index contributed by atoms with van der Waals surface area (Å²) in [5.74, 6) is 2.79. The molecule has 5 nitrogen and oxygen atoms in total. The molecule has 3 aliphatic heterocycles. The van der Waals surface area contributed by atoms with Crippen LogP contribution >= 0.6 is 0 Å². The Bertz CT molecular complexity index is 874. The summed E-state index contributed by atoms with van der Waals surface area (Å²) in [5.41, 5.74) is 3.42. The Labute approximate surface area is 166 Å². The van der Waals surface area contributed by atoms with Crippen LogP contribution in [0.4, 0.5) is 5.69 Å². The quantitative estimate of drug-likeness (QED) is 0.797. The van der Waals surface area contributed by atoms with Crippen LogP contribution < -0.4 is 19.1 Å². The molecule has 5 heteroatoms. The van der Waals surface area contributed by atoms with Crippen LogP contribution in [-0.2, 0) is 0 Å². The first-order chi connectivity index (χ1) is 13.5. The summed E-state index contributed by atoms with van der Waals surface area (Å²) in [6.45, 7) is 4.72. The fourth-order valence-corrected chi connectivity index (χ4v) is 4.75. The fraction of sp³-hybridized carbons (Fsp3) is 0.478. The third-order valence-corrected chi connectivity index (χ3v) is 6.38. The zero-order chi connectivity index (χ0) is 19.3. The molecule has 3 heterocycles. The van der Waals surface area contributed by atoms with Gasteiger partial charge in [0.05, 0.1) is 0 Å². The summed E-state index contributed by atoms with van der Waals surface area (Å²) < 4.78 is 17.9. The number of fused-ring (bicyclic) bond motifs is 2. The smallest absolute Gasteiger partial charge is 0.231 e. The first kappa shape index (κ1) is 17.7. The molecule has 0 bridgehead atoms. The largest absolute Gasteiger partial charge is 0.472 e. The molecule has 28 heavy (non-hydrogen) atoms. The predicted octanol–water partition coefficient (Wildman–Crippen LogP) is 4.21. The molecule has 3 aliphatic rings. The molecule has 148 valence electrons. The van der Waals surface area contributed by atoms with Crippen molar-refractivity contribution in [3.8, 4) is 17.2 Å². The van der Waals surface area contributed by atoms with E-state index in [9.17, 15) is 0 Å². The molecule has 0 spiro atoms. The maximum absolute atomic E-state index is 6.62. The number of anilines is 1. The van der Waals surface area contributed by atoms with Crippen molar-refractivity contribution in [2.75, 3.05) is 38.9 Å². The van der Waals surface area contributed by atoms with Gasteiger partial charge in [-0.15, -0.1) is 0 Å². The van der Waals surface area contributed by atoms with Crippen LogP contribution in [0.1, 0.15) is 43.2 Å². The van der Waals surface area contributed by atoms with Gasteiger partial charge in [0, 0.05) is 56.8 Å². The molecule has 5 rings (SSSR count). The SMILES string of the molecule is CN(C)c1ccc([C@H]2C[C@@](C)(N3CCCC3)Oc3cc4c(cc32)OCO4)cc1. The minimum Gasteiger partial charge on any atom is -0.472 e. The van der Waals surface area contributed by atoms with Crippen molar-refractivity contribution < 1.29 is 14.2 Å². The van der Waals surface area contributed by atoms with Crippen LogP contribution in [0.25, 0.3) is 0 Å². The number of hydrogen-bond acceptors (Lipinski definition) is 5. The highest BCUT2D eigenvalue weighted by Crippen LogP contribution is 2.50. The second kappa shape index (κ2) is 6.59. The van der Waals surface area contributed by atoms with Crippen LogP contribution in [0.2, 0.25) is 0 Å². The van der Waals surface area contributed by atoms with Gasteiger partial charge in [0.25, 0.3) is 0 Å². The van der Waals surface area contributed by atoms with E-state index in [0.717, 1.165) is 36.8 Å². The molecule has 0 aromatic heterocycles. The van der Waals surface area contributed by atoms with Crippen LogP contribution in [0.5, 0.6) is 17.2 Å². The Morgan fingerprint density at radius 2 is 1.64 bits per heavy atom. The lowest BCUT2D eigenvalue weighted by Crippen LogP contribution is -2.52. The average molecular weight is 380 g/mol. The first-order valence-corrected chi connectivity index (χ1v) is 10.2. The normalized spacial score (nSPS) is 26.0.